The van der Waals surface area contributed by atoms with Gasteiger partial charge in [0.1, 0.15) is 0 Å². The summed E-state index contributed by atoms with van der Waals surface area (Å²) in [5.41, 5.74) is 4.39. The number of hydrogen-bond acceptors (Lipinski definition) is 2. The Kier molecular flexibility index (Phi) is 3.08. The van der Waals surface area contributed by atoms with Gasteiger partial charge in [-0.1, -0.05) is 72.8 Å². The molecule has 4 bridgehead atoms. The van der Waals surface area contributed by atoms with Crippen LogP contribution in [0.1, 0.15) is 18.1 Å². The van der Waals surface area contributed by atoms with Crippen LogP contribution < -0.4 is 0 Å². The molecule has 2 aromatic carbocycles. The molecule has 3 aliphatic rings. The van der Waals surface area contributed by atoms with Gasteiger partial charge in [0.2, 0.25) is 0 Å². The van der Waals surface area contributed by atoms with Gasteiger partial charge in [0.15, 0.2) is 0 Å². The van der Waals surface area contributed by atoms with Crippen LogP contribution >= 0.6 is 23.5 Å². The van der Waals surface area contributed by atoms with Crippen molar-refractivity contribution in [3.63, 3.8) is 0 Å². The monoisotopic (exact) mass is 334 g/mol. The Labute approximate surface area is 146 Å². The first-order chi connectivity index (χ1) is 11.3. The Morgan fingerprint density at radius 1 is 0.870 bits per heavy atom. The van der Waals surface area contributed by atoms with Crippen LogP contribution in [0.2, 0.25) is 0 Å². The normalized spacial score (nSPS) is 34.2. The van der Waals surface area contributed by atoms with Crippen molar-refractivity contribution >= 4 is 28.4 Å². The summed E-state index contributed by atoms with van der Waals surface area (Å²) in [6, 6.07) is 22.1. The molecule has 1 fully saturated rings. The van der Waals surface area contributed by atoms with Crippen LogP contribution in [0.5, 0.6) is 0 Å². The van der Waals surface area contributed by atoms with Crippen molar-refractivity contribution in [2.75, 3.05) is 0 Å². The fourth-order valence-corrected chi connectivity index (χ4v) is 8.20. The van der Waals surface area contributed by atoms with E-state index in [0.717, 1.165) is 0 Å². The van der Waals surface area contributed by atoms with Crippen molar-refractivity contribution in [3.05, 3.63) is 89.5 Å². The Bertz CT molecular complexity index is 806. The van der Waals surface area contributed by atoms with Gasteiger partial charge in [-0.2, -0.15) is 0 Å². The smallest absolute Gasteiger partial charge is 0.0708 e. The van der Waals surface area contributed by atoms with Crippen LogP contribution in [-0.2, 0) is 4.75 Å². The molecule has 2 heterocycles. The lowest BCUT2D eigenvalue weighted by Crippen LogP contribution is -2.34. The van der Waals surface area contributed by atoms with Crippen LogP contribution in [0.3, 0.4) is 0 Å². The molecule has 2 heteroatoms. The molecule has 4 atom stereocenters. The Morgan fingerprint density at radius 3 is 2.30 bits per heavy atom. The predicted octanol–water partition coefficient (Wildman–Crippen LogP) is 5.73. The SMILES string of the molecule is CC1=C(c2ccccc2)S[C@@H]2[C@H]3C=C[C@@H]2[C@]1(c1ccccc1)S3. The van der Waals surface area contributed by atoms with Gasteiger partial charge in [0.25, 0.3) is 0 Å². The molecule has 2 aliphatic heterocycles. The van der Waals surface area contributed by atoms with Crippen LogP contribution in [0.15, 0.2) is 78.4 Å². The highest BCUT2D eigenvalue weighted by Gasteiger charge is 2.60. The summed E-state index contributed by atoms with van der Waals surface area (Å²) in [5.74, 6) is 0.623. The van der Waals surface area contributed by atoms with E-state index in [2.05, 4.69) is 103 Å². The second kappa shape index (κ2) is 5.06. The third-order valence-electron chi connectivity index (χ3n) is 5.37. The lowest BCUT2D eigenvalue weighted by atomic mass is 9.78. The van der Waals surface area contributed by atoms with E-state index < -0.39 is 0 Å². The minimum atomic E-state index is 0.127. The Balaban J connectivity index is 1.75. The minimum absolute atomic E-state index is 0.127. The van der Waals surface area contributed by atoms with E-state index in [0.29, 0.717) is 16.4 Å². The van der Waals surface area contributed by atoms with Crippen molar-refractivity contribution in [2.24, 2.45) is 5.92 Å². The van der Waals surface area contributed by atoms with E-state index in [1.807, 2.05) is 0 Å². The molecular weight excluding hydrogens is 316 g/mol. The first kappa shape index (κ1) is 14.0. The molecule has 1 saturated heterocycles. The van der Waals surface area contributed by atoms with Crippen LogP contribution in [0, 0.1) is 5.92 Å². The maximum Gasteiger partial charge on any atom is 0.0708 e. The van der Waals surface area contributed by atoms with E-state index in [9.17, 15) is 0 Å². The summed E-state index contributed by atoms with van der Waals surface area (Å²) in [4.78, 5) is 1.49. The fourth-order valence-electron chi connectivity index (χ4n) is 4.33. The average molecular weight is 335 g/mol. The van der Waals surface area contributed by atoms with Crippen molar-refractivity contribution < 1.29 is 0 Å². The van der Waals surface area contributed by atoms with Crippen molar-refractivity contribution in [3.8, 4) is 0 Å². The molecule has 1 aliphatic carbocycles. The van der Waals surface area contributed by atoms with Crippen LogP contribution in [0.25, 0.3) is 4.91 Å². The summed E-state index contributed by atoms with van der Waals surface area (Å²) < 4.78 is 0.127. The van der Waals surface area contributed by atoms with Gasteiger partial charge in [0, 0.05) is 21.3 Å². The van der Waals surface area contributed by atoms with Crippen molar-refractivity contribution in [2.45, 2.75) is 22.2 Å². The average Bonchev–Trinajstić information content (AvgIpc) is 3.13. The highest BCUT2D eigenvalue weighted by Crippen LogP contribution is 2.70. The van der Waals surface area contributed by atoms with Gasteiger partial charge < -0.3 is 0 Å². The van der Waals surface area contributed by atoms with E-state index in [1.165, 1.54) is 21.6 Å². The van der Waals surface area contributed by atoms with Crippen molar-refractivity contribution in [1.29, 1.82) is 0 Å². The Hall–Kier alpha value is -1.38. The molecule has 0 amide bonds. The summed E-state index contributed by atoms with van der Waals surface area (Å²) in [5, 5.41) is 1.32. The molecule has 0 spiro atoms. The summed E-state index contributed by atoms with van der Waals surface area (Å²) in [6.07, 6.45) is 4.92. The molecule has 2 aromatic rings. The van der Waals surface area contributed by atoms with Gasteiger partial charge in [-0.15, -0.1) is 23.5 Å². The highest BCUT2D eigenvalue weighted by atomic mass is 32.2. The number of hydrogen-bond donors (Lipinski definition) is 0. The largest absolute Gasteiger partial charge is 0.136 e. The van der Waals surface area contributed by atoms with Crippen LogP contribution in [0.4, 0.5) is 0 Å². The molecule has 23 heavy (non-hydrogen) atoms. The molecule has 0 nitrogen and oxygen atoms in total. The predicted molar refractivity (Wildman–Crippen MR) is 103 cm³/mol. The number of rotatable bonds is 2. The molecule has 0 unspecified atom stereocenters. The zero-order valence-electron chi connectivity index (χ0n) is 13.0. The Morgan fingerprint density at radius 2 is 1.57 bits per heavy atom. The molecular formula is C21H18S2. The zero-order valence-corrected chi connectivity index (χ0v) is 14.6. The highest BCUT2D eigenvalue weighted by molar-refractivity contribution is 8.11. The first-order valence-electron chi connectivity index (χ1n) is 8.16. The molecule has 0 aromatic heterocycles. The maximum absolute atomic E-state index is 2.48. The van der Waals surface area contributed by atoms with Gasteiger partial charge >= 0.3 is 0 Å². The molecule has 114 valence electrons. The lowest BCUT2D eigenvalue weighted by molar-refractivity contribution is 0.548. The van der Waals surface area contributed by atoms with Crippen LogP contribution in [-0.4, -0.2) is 10.5 Å². The summed E-state index contributed by atoms with van der Waals surface area (Å²) in [7, 11) is 0. The second-order valence-electron chi connectivity index (χ2n) is 6.50. The van der Waals surface area contributed by atoms with E-state index in [-0.39, 0.29) is 4.75 Å². The van der Waals surface area contributed by atoms with E-state index >= 15 is 0 Å². The topological polar surface area (TPSA) is 0 Å². The summed E-state index contributed by atoms with van der Waals surface area (Å²) >= 11 is 4.28. The summed E-state index contributed by atoms with van der Waals surface area (Å²) in [6.45, 7) is 2.36. The fraction of sp³-hybridized carbons (Fsp3) is 0.238. The van der Waals surface area contributed by atoms with Crippen molar-refractivity contribution in [1.82, 2.24) is 0 Å². The van der Waals surface area contributed by atoms with Gasteiger partial charge in [0.05, 0.1) is 4.75 Å². The van der Waals surface area contributed by atoms with Gasteiger partial charge in [-0.05, 0) is 23.6 Å². The zero-order chi connectivity index (χ0) is 15.4. The third kappa shape index (κ3) is 1.82. The molecule has 0 radical (unpaired) electrons. The lowest BCUT2D eigenvalue weighted by Gasteiger charge is -2.41. The molecule has 5 rings (SSSR count). The van der Waals surface area contributed by atoms with E-state index in [4.69, 9.17) is 0 Å². The second-order valence-corrected chi connectivity index (χ2v) is 9.11. The van der Waals surface area contributed by atoms with Gasteiger partial charge in [-0.3, -0.25) is 0 Å². The molecule has 0 N–H and O–H groups in total. The maximum atomic E-state index is 2.48. The van der Waals surface area contributed by atoms with E-state index in [1.54, 1.807) is 0 Å². The quantitative estimate of drug-likeness (QED) is 0.643. The first-order valence-corrected chi connectivity index (χ1v) is 9.92. The number of allylic oxidation sites excluding steroid dienone is 1. The van der Waals surface area contributed by atoms with Gasteiger partial charge in [-0.25, -0.2) is 0 Å². The molecule has 0 saturated carbocycles. The minimum Gasteiger partial charge on any atom is -0.136 e. The third-order valence-corrected chi connectivity index (χ3v) is 9.08. The number of benzene rings is 2. The standard InChI is InChI=1S/C21H18S2/c1-14-19(15-8-4-2-5-9-15)22-20-17-12-13-18(20)23-21(14,17)16-10-6-3-7-11-16/h2-13,17-18,20H,1H3/t17-,18+,20-,21-/m0/s1. The number of thioether (sulfide) groups is 2.